The number of hydrogen-bond donors (Lipinski definition) is 1. The second kappa shape index (κ2) is 11.3. The number of halogens is 8. The van der Waals surface area contributed by atoms with E-state index in [1.54, 1.807) is 6.92 Å². The standard InChI is InChI=1S/C21H15F8N7O4S/c1-2-11(37)3-4-35-18(32-33-34-35)41-16-12(6-10(36(39)40)7-13(16)17(30)38)15-14(22)5-9(8-31-15)19(23,24)20(25,26)21(27,28)29/h5-8H,2-4H2,1H3,(H2,30,38). The number of aryl methyl sites for hydroxylation is 1. The third kappa shape index (κ3) is 6.10. The Balaban J connectivity index is 2.21. The molecule has 0 fully saturated rings. The van der Waals surface area contributed by atoms with Crippen LogP contribution in [0.4, 0.5) is 40.8 Å². The van der Waals surface area contributed by atoms with Gasteiger partial charge in [-0.05, 0) is 28.3 Å². The number of benzene rings is 1. The molecule has 41 heavy (non-hydrogen) atoms. The third-order valence-electron chi connectivity index (χ3n) is 5.45. The van der Waals surface area contributed by atoms with E-state index < -0.39 is 67.6 Å². The lowest BCUT2D eigenvalue weighted by molar-refractivity contribution is -0.384. The molecule has 0 aliphatic carbocycles. The summed E-state index contributed by atoms with van der Waals surface area (Å²) in [5, 5.41) is 22.1. The number of nitrogens with zero attached hydrogens (tertiary/aromatic N) is 6. The molecule has 2 aromatic heterocycles. The fourth-order valence-electron chi connectivity index (χ4n) is 3.26. The summed E-state index contributed by atoms with van der Waals surface area (Å²) < 4.78 is 109. The normalized spacial score (nSPS) is 12.4. The number of alkyl halides is 7. The Morgan fingerprint density at radius 1 is 1.12 bits per heavy atom. The first-order chi connectivity index (χ1) is 18.9. The molecule has 220 valence electrons. The number of carbonyl (C=O) groups excluding carboxylic acids is 2. The van der Waals surface area contributed by atoms with E-state index in [-0.39, 0.29) is 42.6 Å². The maximum Gasteiger partial charge on any atom is 0.460 e. The van der Waals surface area contributed by atoms with Gasteiger partial charge in [-0.1, -0.05) is 6.92 Å². The van der Waals surface area contributed by atoms with E-state index in [0.717, 1.165) is 4.68 Å². The van der Waals surface area contributed by atoms with E-state index in [2.05, 4.69) is 20.5 Å². The molecule has 1 aromatic carbocycles. The van der Waals surface area contributed by atoms with Gasteiger partial charge in [0.05, 0.1) is 17.0 Å². The van der Waals surface area contributed by atoms with Crippen molar-refractivity contribution in [3.05, 3.63) is 51.5 Å². The van der Waals surface area contributed by atoms with Crippen molar-refractivity contribution in [2.45, 2.75) is 54.4 Å². The van der Waals surface area contributed by atoms with Crippen molar-refractivity contribution in [3.8, 4) is 11.3 Å². The van der Waals surface area contributed by atoms with Crippen LogP contribution in [-0.2, 0) is 17.3 Å². The largest absolute Gasteiger partial charge is 0.460 e. The SMILES string of the molecule is CCC(=O)CCn1nnnc1Sc1c(C(N)=O)cc([N+](=O)[O-])cc1-c1ncc(C(F)(F)C(F)(F)C(F)(F)F)cc1F. The highest BCUT2D eigenvalue weighted by Gasteiger charge is 2.73. The van der Waals surface area contributed by atoms with Crippen molar-refractivity contribution < 1.29 is 49.6 Å². The number of pyridine rings is 1. The van der Waals surface area contributed by atoms with Crippen LogP contribution in [0.15, 0.2) is 34.4 Å². The predicted molar refractivity (Wildman–Crippen MR) is 122 cm³/mol. The van der Waals surface area contributed by atoms with Crippen LogP contribution in [0.2, 0.25) is 0 Å². The lowest BCUT2D eigenvalue weighted by Crippen LogP contribution is -2.50. The molecule has 0 saturated carbocycles. The lowest BCUT2D eigenvalue weighted by Gasteiger charge is -2.28. The van der Waals surface area contributed by atoms with E-state index in [9.17, 15) is 50.4 Å². The molecule has 0 aliphatic heterocycles. The van der Waals surface area contributed by atoms with E-state index in [0.29, 0.717) is 23.9 Å². The minimum absolute atomic E-state index is 0.0285. The topological polar surface area (TPSA) is 160 Å². The van der Waals surface area contributed by atoms with Crippen molar-refractivity contribution in [1.82, 2.24) is 25.2 Å². The van der Waals surface area contributed by atoms with Gasteiger partial charge in [-0.2, -0.15) is 30.7 Å². The number of nitro benzene ring substituents is 1. The second-order valence-electron chi connectivity index (χ2n) is 8.12. The van der Waals surface area contributed by atoms with Gasteiger partial charge in [0.25, 0.3) is 5.69 Å². The van der Waals surface area contributed by atoms with Gasteiger partial charge in [0.2, 0.25) is 11.1 Å². The molecule has 0 unspecified atom stereocenters. The number of nitro groups is 1. The molecule has 2 N–H and O–H groups in total. The van der Waals surface area contributed by atoms with Crippen molar-refractivity contribution in [2.75, 3.05) is 0 Å². The van der Waals surface area contributed by atoms with Crippen LogP contribution < -0.4 is 5.73 Å². The number of nitrogens with two attached hydrogens (primary N) is 1. The van der Waals surface area contributed by atoms with Crippen molar-refractivity contribution >= 4 is 29.1 Å². The maximum absolute atomic E-state index is 15.1. The third-order valence-corrected chi connectivity index (χ3v) is 6.57. The van der Waals surface area contributed by atoms with E-state index >= 15 is 4.39 Å². The number of amides is 1. The molecule has 1 amide bonds. The molecule has 0 aliphatic rings. The molecule has 0 spiro atoms. The van der Waals surface area contributed by atoms with Crippen LogP contribution in [0.25, 0.3) is 11.3 Å². The summed E-state index contributed by atoms with van der Waals surface area (Å²) >= 11 is 0.472. The fraction of sp³-hybridized carbons (Fsp3) is 0.333. The number of ketones is 1. The first-order valence-corrected chi connectivity index (χ1v) is 11.8. The highest BCUT2D eigenvalue weighted by molar-refractivity contribution is 7.99. The summed E-state index contributed by atoms with van der Waals surface area (Å²) in [6.07, 6.45) is -6.72. The molecule has 20 heteroatoms. The molecule has 0 radical (unpaired) electrons. The highest BCUT2D eigenvalue weighted by Crippen LogP contribution is 2.52. The molecule has 2 heterocycles. The van der Waals surface area contributed by atoms with Gasteiger partial charge in [0, 0.05) is 47.2 Å². The first kappa shape index (κ1) is 31.3. The first-order valence-electron chi connectivity index (χ1n) is 11.0. The van der Waals surface area contributed by atoms with Crippen LogP contribution in [0.3, 0.4) is 0 Å². The number of tetrazole rings is 1. The van der Waals surface area contributed by atoms with Crippen LogP contribution in [0.1, 0.15) is 35.7 Å². The molecular formula is C21H15F8N7O4S. The van der Waals surface area contributed by atoms with Crippen LogP contribution in [-0.4, -0.2) is 53.9 Å². The number of primary amides is 1. The molecule has 0 bridgehead atoms. The zero-order chi connectivity index (χ0) is 30.9. The molecule has 3 aromatic rings. The Morgan fingerprint density at radius 3 is 2.32 bits per heavy atom. The van der Waals surface area contributed by atoms with Crippen molar-refractivity contribution in [3.63, 3.8) is 0 Å². The fourth-order valence-corrected chi connectivity index (χ4v) is 4.29. The van der Waals surface area contributed by atoms with Crippen LogP contribution in [0, 0.1) is 15.9 Å². The number of aromatic nitrogens is 5. The number of carbonyl (C=O) groups is 2. The van der Waals surface area contributed by atoms with Gasteiger partial charge in [-0.3, -0.25) is 24.7 Å². The van der Waals surface area contributed by atoms with E-state index in [4.69, 9.17) is 5.73 Å². The highest BCUT2D eigenvalue weighted by atomic mass is 32.2. The second-order valence-corrected chi connectivity index (χ2v) is 9.10. The quantitative estimate of drug-likeness (QED) is 0.184. The molecule has 3 rings (SSSR count). The summed E-state index contributed by atoms with van der Waals surface area (Å²) in [4.78, 5) is 37.2. The zero-order valence-corrected chi connectivity index (χ0v) is 21.1. The summed E-state index contributed by atoms with van der Waals surface area (Å²) in [6, 6.07) is 0.976. The average Bonchev–Trinajstić information content (AvgIpc) is 3.33. The number of non-ortho nitro benzene ring substituents is 1. The van der Waals surface area contributed by atoms with Gasteiger partial charge in [0.1, 0.15) is 17.3 Å². The predicted octanol–water partition coefficient (Wildman–Crippen LogP) is 4.69. The van der Waals surface area contributed by atoms with Gasteiger partial charge >= 0.3 is 18.0 Å². The molecule has 11 nitrogen and oxygen atoms in total. The Morgan fingerprint density at radius 2 is 1.78 bits per heavy atom. The lowest BCUT2D eigenvalue weighted by atomic mass is 10.0. The Labute approximate surface area is 227 Å². The van der Waals surface area contributed by atoms with Gasteiger partial charge in [-0.25, -0.2) is 9.07 Å². The number of rotatable bonds is 11. The number of hydrogen-bond acceptors (Lipinski definition) is 9. The minimum atomic E-state index is -6.71. The smallest absolute Gasteiger partial charge is 0.366 e. The Kier molecular flexibility index (Phi) is 8.65. The summed E-state index contributed by atoms with van der Waals surface area (Å²) in [5.41, 5.74) is -0.0164. The van der Waals surface area contributed by atoms with Gasteiger partial charge in [-0.15, -0.1) is 5.10 Å². The summed E-state index contributed by atoms with van der Waals surface area (Å²) in [7, 11) is 0. The van der Waals surface area contributed by atoms with Crippen LogP contribution >= 0.6 is 11.8 Å². The average molecular weight is 613 g/mol. The Bertz CT molecular complexity index is 1510. The zero-order valence-electron chi connectivity index (χ0n) is 20.3. The van der Waals surface area contributed by atoms with E-state index in [1.807, 2.05) is 0 Å². The Hall–Kier alpha value is -4.23. The van der Waals surface area contributed by atoms with Gasteiger partial charge < -0.3 is 5.73 Å². The van der Waals surface area contributed by atoms with Crippen molar-refractivity contribution in [2.24, 2.45) is 5.73 Å². The molecule has 0 saturated heterocycles. The monoisotopic (exact) mass is 613 g/mol. The number of Topliss-reactive ketones (excluding diaryl/α,β-unsaturated/α-hetero) is 1. The minimum Gasteiger partial charge on any atom is -0.366 e. The van der Waals surface area contributed by atoms with Crippen LogP contribution in [0.5, 0.6) is 0 Å². The summed E-state index contributed by atoms with van der Waals surface area (Å²) in [6.45, 7) is 1.53. The summed E-state index contributed by atoms with van der Waals surface area (Å²) in [5.74, 6) is -16.0. The van der Waals surface area contributed by atoms with Crippen molar-refractivity contribution in [1.29, 1.82) is 0 Å². The molecular weight excluding hydrogens is 598 g/mol. The van der Waals surface area contributed by atoms with Gasteiger partial charge in [0.15, 0.2) is 0 Å². The van der Waals surface area contributed by atoms with E-state index in [1.165, 1.54) is 0 Å². The maximum atomic E-state index is 15.1. The molecule has 0 atom stereocenters.